The highest BCUT2D eigenvalue weighted by atomic mass is 79.9. The first-order chi connectivity index (χ1) is 9.84. The Morgan fingerprint density at radius 2 is 1.67 bits per heavy atom. The molecule has 21 heavy (non-hydrogen) atoms. The summed E-state index contributed by atoms with van der Waals surface area (Å²) < 4.78 is 38.1. The zero-order valence-corrected chi connectivity index (χ0v) is 12.4. The van der Waals surface area contributed by atoms with Crippen LogP contribution in [0.15, 0.2) is 47.2 Å². The van der Waals surface area contributed by atoms with Crippen molar-refractivity contribution in [1.82, 2.24) is 4.98 Å². The van der Waals surface area contributed by atoms with Gasteiger partial charge in [0.1, 0.15) is 5.78 Å². The van der Waals surface area contributed by atoms with E-state index in [2.05, 4.69) is 20.9 Å². The molecule has 0 aliphatic heterocycles. The lowest BCUT2D eigenvalue weighted by atomic mass is 10.0. The molecule has 0 unspecified atom stereocenters. The lowest BCUT2D eigenvalue weighted by Gasteiger charge is -2.07. The Morgan fingerprint density at radius 1 is 1.05 bits per heavy atom. The summed E-state index contributed by atoms with van der Waals surface area (Å²) in [5.41, 5.74) is 0.618. The van der Waals surface area contributed by atoms with Crippen LogP contribution >= 0.6 is 15.9 Å². The summed E-state index contributed by atoms with van der Waals surface area (Å²) in [7, 11) is 0. The molecule has 0 radical (unpaired) electrons. The van der Waals surface area contributed by atoms with Gasteiger partial charge in [-0.3, -0.25) is 9.78 Å². The Hall–Kier alpha value is -1.69. The zero-order chi connectivity index (χ0) is 15.5. The van der Waals surface area contributed by atoms with Crippen molar-refractivity contribution in [1.29, 1.82) is 0 Å². The predicted molar refractivity (Wildman–Crippen MR) is 75.8 cm³/mol. The number of hydrogen-bond donors (Lipinski definition) is 0. The van der Waals surface area contributed by atoms with Crippen LogP contribution in [0, 0.1) is 0 Å². The number of pyridine rings is 1. The monoisotopic (exact) mass is 357 g/mol. The lowest BCUT2D eigenvalue weighted by molar-refractivity contribution is -0.137. The average Bonchev–Trinajstić information content (AvgIpc) is 2.38. The number of Topliss-reactive ketones (excluding diaryl/α,β-unsaturated/α-hetero) is 1. The Balaban J connectivity index is 2.00. The van der Waals surface area contributed by atoms with Crippen molar-refractivity contribution in [3.8, 4) is 0 Å². The fourth-order valence-electron chi connectivity index (χ4n) is 1.88. The maximum absolute atomic E-state index is 12.4. The fraction of sp³-hybridized carbons (Fsp3) is 0.200. The third-order valence-corrected chi connectivity index (χ3v) is 3.28. The van der Waals surface area contributed by atoms with Gasteiger partial charge in [0.25, 0.3) is 0 Å². The number of carbonyl (C=O) groups is 1. The van der Waals surface area contributed by atoms with Crippen LogP contribution in [0.1, 0.15) is 16.7 Å². The molecule has 0 bridgehead atoms. The van der Waals surface area contributed by atoms with Gasteiger partial charge < -0.3 is 0 Å². The van der Waals surface area contributed by atoms with Crippen LogP contribution in [0.2, 0.25) is 0 Å². The van der Waals surface area contributed by atoms with Gasteiger partial charge in [0.05, 0.1) is 5.56 Å². The van der Waals surface area contributed by atoms with E-state index >= 15 is 0 Å². The number of carbonyl (C=O) groups excluding carboxylic acids is 1. The van der Waals surface area contributed by atoms with Gasteiger partial charge in [-0.05, 0) is 45.3 Å². The van der Waals surface area contributed by atoms with Crippen LogP contribution < -0.4 is 0 Å². The third kappa shape index (κ3) is 4.67. The molecular formula is C15H11BrF3NO. The number of halogens is 4. The lowest BCUT2D eigenvalue weighted by Crippen LogP contribution is -2.08. The van der Waals surface area contributed by atoms with Crippen molar-refractivity contribution in [2.75, 3.05) is 0 Å². The van der Waals surface area contributed by atoms with Gasteiger partial charge in [0.15, 0.2) is 0 Å². The van der Waals surface area contributed by atoms with Crippen molar-refractivity contribution in [3.63, 3.8) is 0 Å². The minimum Gasteiger partial charge on any atom is -0.299 e. The molecule has 2 rings (SSSR count). The van der Waals surface area contributed by atoms with Crippen molar-refractivity contribution in [2.45, 2.75) is 19.0 Å². The number of benzene rings is 1. The summed E-state index contributed by atoms with van der Waals surface area (Å²) in [5, 5.41) is 0. The molecule has 0 saturated carbocycles. The Kier molecular flexibility index (Phi) is 4.77. The smallest absolute Gasteiger partial charge is 0.299 e. The highest BCUT2D eigenvalue weighted by molar-refractivity contribution is 9.10. The summed E-state index contributed by atoms with van der Waals surface area (Å²) in [4.78, 5) is 15.9. The minimum atomic E-state index is -4.36. The normalized spacial score (nSPS) is 11.4. The topological polar surface area (TPSA) is 30.0 Å². The number of nitrogens with zero attached hydrogens (tertiary/aromatic N) is 1. The zero-order valence-electron chi connectivity index (χ0n) is 10.8. The van der Waals surface area contributed by atoms with Crippen molar-refractivity contribution >= 4 is 21.7 Å². The van der Waals surface area contributed by atoms with Gasteiger partial charge in [0.2, 0.25) is 0 Å². The van der Waals surface area contributed by atoms with Gasteiger partial charge in [0, 0.05) is 29.7 Å². The van der Waals surface area contributed by atoms with Crippen LogP contribution in [0.3, 0.4) is 0 Å². The first-order valence-electron chi connectivity index (χ1n) is 6.12. The molecule has 0 atom stereocenters. The van der Waals surface area contributed by atoms with E-state index in [0.717, 1.165) is 22.2 Å². The quantitative estimate of drug-likeness (QED) is 0.819. The molecule has 1 aromatic carbocycles. The average molecular weight is 358 g/mol. The highest BCUT2D eigenvalue weighted by Crippen LogP contribution is 2.29. The summed E-state index contributed by atoms with van der Waals surface area (Å²) in [6.45, 7) is 0. The van der Waals surface area contributed by atoms with Crippen LogP contribution in [-0.4, -0.2) is 10.8 Å². The number of aromatic nitrogens is 1. The number of hydrogen-bond acceptors (Lipinski definition) is 2. The largest absolute Gasteiger partial charge is 0.416 e. The number of ketones is 1. The van der Waals surface area contributed by atoms with Gasteiger partial charge >= 0.3 is 6.18 Å². The van der Waals surface area contributed by atoms with Gasteiger partial charge in [-0.2, -0.15) is 13.2 Å². The molecule has 6 heteroatoms. The van der Waals surface area contributed by atoms with Gasteiger partial charge in [-0.25, -0.2) is 0 Å². The van der Waals surface area contributed by atoms with Gasteiger partial charge in [-0.1, -0.05) is 12.1 Å². The van der Waals surface area contributed by atoms with E-state index in [4.69, 9.17) is 0 Å². The van der Waals surface area contributed by atoms with E-state index in [1.54, 1.807) is 18.5 Å². The van der Waals surface area contributed by atoms with Crippen molar-refractivity contribution < 1.29 is 18.0 Å². The molecule has 0 amide bonds. The second-order valence-electron chi connectivity index (χ2n) is 4.60. The first kappa shape index (κ1) is 15.7. The molecule has 2 aromatic rings. The molecule has 1 heterocycles. The third-order valence-electron chi connectivity index (χ3n) is 2.85. The van der Waals surface area contributed by atoms with Crippen molar-refractivity contribution in [3.05, 3.63) is 63.9 Å². The van der Waals surface area contributed by atoms with Crippen LogP contribution in [0.25, 0.3) is 0 Å². The fourth-order valence-corrected chi connectivity index (χ4v) is 2.29. The standard InChI is InChI=1S/C15H11BrF3NO/c16-13-5-11(8-20-9-13)7-14(21)6-10-1-3-12(4-2-10)15(17,18)19/h1-5,8-9H,6-7H2. The SMILES string of the molecule is O=C(Cc1ccc(C(F)(F)F)cc1)Cc1cncc(Br)c1. The second-order valence-corrected chi connectivity index (χ2v) is 5.51. The molecule has 0 fully saturated rings. The molecule has 1 aromatic heterocycles. The molecule has 0 aliphatic rings. The van der Waals surface area contributed by atoms with Crippen molar-refractivity contribution in [2.24, 2.45) is 0 Å². The summed E-state index contributed by atoms with van der Waals surface area (Å²) in [5.74, 6) is -0.0744. The molecular weight excluding hydrogens is 347 g/mol. The Labute approximate surface area is 128 Å². The van der Waals surface area contributed by atoms with E-state index in [1.165, 1.54) is 12.1 Å². The van der Waals surface area contributed by atoms with Gasteiger partial charge in [-0.15, -0.1) is 0 Å². The van der Waals surface area contributed by atoms with E-state index in [-0.39, 0.29) is 18.6 Å². The van der Waals surface area contributed by atoms with E-state index in [1.807, 2.05) is 0 Å². The first-order valence-corrected chi connectivity index (χ1v) is 6.91. The maximum Gasteiger partial charge on any atom is 0.416 e. The van der Waals surface area contributed by atoms with E-state index in [0.29, 0.717) is 5.56 Å². The van der Waals surface area contributed by atoms with E-state index in [9.17, 15) is 18.0 Å². The minimum absolute atomic E-state index is 0.0744. The molecule has 0 spiro atoms. The number of alkyl halides is 3. The predicted octanol–water partition coefficient (Wildman–Crippen LogP) is 4.22. The molecule has 110 valence electrons. The van der Waals surface area contributed by atoms with Crippen LogP contribution in [0.5, 0.6) is 0 Å². The maximum atomic E-state index is 12.4. The summed E-state index contributed by atoms with van der Waals surface area (Å²) in [6.07, 6.45) is -0.845. The summed E-state index contributed by atoms with van der Waals surface area (Å²) in [6, 6.07) is 6.43. The molecule has 0 aliphatic carbocycles. The molecule has 0 N–H and O–H groups in total. The second kappa shape index (κ2) is 6.39. The molecule has 0 saturated heterocycles. The number of rotatable bonds is 4. The van der Waals surface area contributed by atoms with E-state index < -0.39 is 11.7 Å². The Bertz CT molecular complexity index is 638. The molecule has 2 nitrogen and oxygen atoms in total. The van der Waals surface area contributed by atoms with Crippen LogP contribution in [0.4, 0.5) is 13.2 Å². The highest BCUT2D eigenvalue weighted by Gasteiger charge is 2.29. The Morgan fingerprint density at radius 3 is 2.24 bits per heavy atom. The van der Waals surface area contributed by atoms with Crippen LogP contribution in [-0.2, 0) is 23.8 Å². The summed E-state index contributed by atoms with van der Waals surface area (Å²) >= 11 is 3.27.